The van der Waals surface area contributed by atoms with Gasteiger partial charge in [-0.25, -0.2) is 4.98 Å². The Kier molecular flexibility index (Phi) is 7.81. The highest BCUT2D eigenvalue weighted by atomic mass is 35.5. The number of oxazole rings is 1. The van der Waals surface area contributed by atoms with E-state index in [0.29, 0.717) is 33.7 Å². The van der Waals surface area contributed by atoms with Crippen LogP contribution in [0.25, 0.3) is 11.3 Å². The number of ether oxygens (including phenoxy) is 1. The summed E-state index contributed by atoms with van der Waals surface area (Å²) in [4.78, 5) is 19.4. The van der Waals surface area contributed by atoms with Gasteiger partial charge in [-0.05, 0) is 23.8 Å². The second-order valence-corrected chi connectivity index (χ2v) is 8.53. The van der Waals surface area contributed by atoms with E-state index in [1.54, 1.807) is 24.4 Å². The molecule has 3 aromatic rings. The van der Waals surface area contributed by atoms with Crippen LogP contribution in [0.4, 0.5) is 0 Å². The predicted octanol–water partition coefficient (Wildman–Crippen LogP) is 4.77. The molecule has 168 valence electrons. The number of hydrogen-bond acceptors (Lipinski definition) is 5. The summed E-state index contributed by atoms with van der Waals surface area (Å²) in [5.74, 6) is 0.999. The van der Waals surface area contributed by atoms with Gasteiger partial charge in [0.1, 0.15) is 0 Å². The Bertz CT molecular complexity index is 1040. The minimum absolute atomic E-state index is 0.0450. The van der Waals surface area contributed by atoms with E-state index in [1.165, 1.54) is 0 Å². The van der Waals surface area contributed by atoms with Crippen molar-refractivity contribution in [1.29, 1.82) is 0 Å². The van der Waals surface area contributed by atoms with Crippen LogP contribution in [0.1, 0.15) is 23.9 Å². The van der Waals surface area contributed by atoms with Crippen LogP contribution in [0, 0.1) is 0 Å². The van der Waals surface area contributed by atoms with Gasteiger partial charge in [0.05, 0.1) is 30.5 Å². The maximum Gasteiger partial charge on any atom is 0.221 e. The third-order valence-electron chi connectivity index (χ3n) is 5.40. The molecule has 1 unspecified atom stereocenters. The first-order chi connectivity index (χ1) is 15.6. The average Bonchev–Trinajstić information content (AvgIpc) is 3.27. The Morgan fingerprint density at radius 3 is 2.66 bits per heavy atom. The van der Waals surface area contributed by atoms with Crippen molar-refractivity contribution in [2.75, 3.05) is 32.8 Å². The molecule has 1 N–H and O–H groups in total. The van der Waals surface area contributed by atoms with E-state index in [0.717, 1.165) is 38.4 Å². The van der Waals surface area contributed by atoms with Crippen molar-refractivity contribution < 1.29 is 13.9 Å². The smallest absolute Gasteiger partial charge is 0.221 e. The molecule has 1 aliphatic heterocycles. The van der Waals surface area contributed by atoms with E-state index in [1.807, 2.05) is 30.3 Å². The average molecular weight is 474 g/mol. The zero-order chi connectivity index (χ0) is 22.3. The number of nitrogens with zero attached hydrogens (tertiary/aromatic N) is 2. The number of carbonyl (C=O) groups is 1. The number of halogens is 2. The molecule has 2 aromatic carbocycles. The Labute approximate surface area is 197 Å². The molecular formula is C24H25Cl2N3O3. The van der Waals surface area contributed by atoms with Gasteiger partial charge in [-0.1, -0.05) is 53.5 Å². The van der Waals surface area contributed by atoms with Crippen molar-refractivity contribution in [2.45, 2.75) is 18.9 Å². The normalized spacial score (nSPS) is 15.4. The molecule has 2 heterocycles. The van der Waals surface area contributed by atoms with Crippen LogP contribution < -0.4 is 5.32 Å². The minimum Gasteiger partial charge on any atom is -0.441 e. The molecule has 0 spiro atoms. The highest BCUT2D eigenvalue weighted by Crippen LogP contribution is 2.30. The molecule has 1 saturated heterocycles. The molecule has 0 saturated carbocycles. The first-order valence-corrected chi connectivity index (χ1v) is 11.4. The fraction of sp³-hybridized carbons (Fsp3) is 0.333. The van der Waals surface area contributed by atoms with E-state index in [2.05, 4.69) is 15.2 Å². The van der Waals surface area contributed by atoms with Gasteiger partial charge in [0.15, 0.2) is 11.7 Å². The third kappa shape index (κ3) is 6.11. The zero-order valence-corrected chi connectivity index (χ0v) is 19.1. The third-order valence-corrected chi connectivity index (χ3v) is 5.95. The molecule has 32 heavy (non-hydrogen) atoms. The quantitative estimate of drug-likeness (QED) is 0.510. The number of carbonyl (C=O) groups excluding carboxylic acids is 1. The van der Waals surface area contributed by atoms with Gasteiger partial charge in [-0.3, -0.25) is 9.69 Å². The van der Waals surface area contributed by atoms with E-state index in [9.17, 15) is 4.79 Å². The van der Waals surface area contributed by atoms with Crippen molar-refractivity contribution in [3.05, 3.63) is 76.2 Å². The summed E-state index contributed by atoms with van der Waals surface area (Å²) in [6.07, 6.45) is 2.30. The fourth-order valence-electron chi connectivity index (χ4n) is 3.69. The summed E-state index contributed by atoms with van der Waals surface area (Å²) < 4.78 is 11.3. The van der Waals surface area contributed by atoms with Crippen LogP contribution >= 0.6 is 23.2 Å². The van der Waals surface area contributed by atoms with Crippen LogP contribution in [0.5, 0.6) is 0 Å². The van der Waals surface area contributed by atoms with Gasteiger partial charge in [0, 0.05) is 43.1 Å². The number of rotatable bonds is 8. The second kappa shape index (κ2) is 11.0. The Morgan fingerprint density at radius 1 is 1.12 bits per heavy atom. The van der Waals surface area contributed by atoms with Crippen molar-refractivity contribution >= 4 is 29.1 Å². The summed E-state index contributed by atoms with van der Waals surface area (Å²) in [7, 11) is 0. The van der Waals surface area contributed by atoms with Crippen LogP contribution in [0.2, 0.25) is 10.0 Å². The summed E-state index contributed by atoms with van der Waals surface area (Å²) in [6, 6.07) is 15.2. The van der Waals surface area contributed by atoms with Crippen molar-refractivity contribution in [1.82, 2.24) is 15.2 Å². The summed E-state index contributed by atoms with van der Waals surface area (Å²) >= 11 is 12.2. The SMILES string of the molecule is O=C(CCc1ncc(-c2ccc(Cl)cc2Cl)o1)NC(CN1CCOCC1)c1ccccc1. The molecule has 1 aromatic heterocycles. The van der Waals surface area contributed by atoms with Crippen LogP contribution in [0.3, 0.4) is 0 Å². The molecule has 1 fully saturated rings. The van der Waals surface area contributed by atoms with Crippen molar-refractivity contribution in [3.63, 3.8) is 0 Å². The monoisotopic (exact) mass is 473 g/mol. The number of benzene rings is 2. The first-order valence-electron chi connectivity index (χ1n) is 10.6. The highest BCUT2D eigenvalue weighted by molar-refractivity contribution is 6.36. The van der Waals surface area contributed by atoms with Crippen molar-refractivity contribution in [3.8, 4) is 11.3 Å². The van der Waals surface area contributed by atoms with Gasteiger partial charge in [0.2, 0.25) is 5.91 Å². The highest BCUT2D eigenvalue weighted by Gasteiger charge is 2.20. The van der Waals surface area contributed by atoms with E-state index < -0.39 is 0 Å². The summed E-state index contributed by atoms with van der Waals surface area (Å²) in [5, 5.41) is 4.23. The lowest BCUT2D eigenvalue weighted by molar-refractivity contribution is -0.122. The molecule has 8 heteroatoms. The number of nitrogens with one attached hydrogen (secondary N) is 1. The van der Waals surface area contributed by atoms with Crippen LogP contribution in [-0.2, 0) is 16.0 Å². The van der Waals surface area contributed by atoms with Gasteiger partial charge in [0.25, 0.3) is 0 Å². The summed E-state index contributed by atoms with van der Waals surface area (Å²) in [6.45, 7) is 3.92. The van der Waals surface area contributed by atoms with Gasteiger partial charge >= 0.3 is 0 Å². The Balaban J connectivity index is 1.36. The Morgan fingerprint density at radius 2 is 1.91 bits per heavy atom. The number of hydrogen-bond donors (Lipinski definition) is 1. The maximum atomic E-state index is 12.8. The van der Waals surface area contributed by atoms with E-state index in [-0.39, 0.29) is 18.4 Å². The molecule has 4 rings (SSSR count). The number of amides is 1. The Hall–Kier alpha value is -2.38. The zero-order valence-electron chi connectivity index (χ0n) is 17.6. The standard InChI is InChI=1S/C24H25Cl2N3O3/c25-18-6-7-19(20(26)14-18)22-15-27-24(32-22)9-8-23(30)28-21(17-4-2-1-3-5-17)16-29-10-12-31-13-11-29/h1-7,14-15,21H,8-13,16H2,(H,28,30). The lowest BCUT2D eigenvalue weighted by Crippen LogP contribution is -2.43. The molecule has 6 nitrogen and oxygen atoms in total. The van der Waals surface area contributed by atoms with Crippen LogP contribution in [0.15, 0.2) is 59.1 Å². The van der Waals surface area contributed by atoms with Gasteiger partial charge in [-0.2, -0.15) is 0 Å². The van der Waals surface area contributed by atoms with Gasteiger partial charge < -0.3 is 14.5 Å². The summed E-state index contributed by atoms with van der Waals surface area (Å²) in [5.41, 5.74) is 1.80. The molecule has 0 bridgehead atoms. The van der Waals surface area contributed by atoms with E-state index >= 15 is 0 Å². The fourth-order valence-corrected chi connectivity index (χ4v) is 4.19. The number of aromatic nitrogens is 1. The molecule has 1 aliphatic rings. The molecular weight excluding hydrogens is 449 g/mol. The molecule has 0 radical (unpaired) electrons. The predicted molar refractivity (Wildman–Crippen MR) is 125 cm³/mol. The largest absolute Gasteiger partial charge is 0.441 e. The van der Waals surface area contributed by atoms with E-state index in [4.69, 9.17) is 32.4 Å². The molecule has 1 amide bonds. The number of morpholine rings is 1. The maximum absolute atomic E-state index is 12.8. The topological polar surface area (TPSA) is 67.6 Å². The van der Waals surface area contributed by atoms with Gasteiger partial charge in [-0.15, -0.1) is 0 Å². The first kappa shape index (κ1) is 22.8. The second-order valence-electron chi connectivity index (χ2n) is 7.69. The van der Waals surface area contributed by atoms with Crippen LogP contribution in [-0.4, -0.2) is 48.6 Å². The molecule has 1 atom stereocenters. The lowest BCUT2D eigenvalue weighted by atomic mass is 10.1. The number of aryl methyl sites for hydroxylation is 1. The minimum atomic E-state index is -0.0882. The lowest BCUT2D eigenvalue weighted by Gasteiger charge is -2.31. The molecule has 0 aliphatic carbocycles. The van der Waals surface area contributed by atoms with Crippen molar-refractivity contribution in [2.24, 2.45) is 0 Å².